The van der Waals surface area contributed by atoms with Crippen LogP contribution in [0.2, 0.25) is 5.02 Å². The number of fused-ring (bicyclic) bond motifs is 2. The first-order valence-electron chi connectivity index (χ1n) is 7.82. The largest absolute Gasteiger partial charge is 0.388 e. The zero-order valence-corrected chi connectivity index (χ0v) is 13.8. The molecule has 126 valence electrons. The van der Waals surface area contributed by atoms with Crippen LogP contribution in [0, 0.1) is 6.92 Å². The summed E-state index contributed by atoms with van der Waals surface area (Å²) in [6.07, 6.45) is -1.33. The number of nitrogens with zero attached hydrogens (tertiary/aromatic N) is 1. The number of nitrogens with one attached hydrogen (secondary N) is 1. The average Bonchev–Trinajstić information content (AvgIpc) is 3.11. The predicted octanol–water partition coefficient (Wildman–Crippen LogP) is 1.45. The van der Waals surface area contributed by atoms with Gasteiger partial charge in [0, 0.05) is 11.1 Å². The van der Waals surface area contributed by atoms with E-state index >= 15 is 0 Å². The maximum atomic E-state index is 12.8. The predicted molar refractivity (Wildman–Crippen MR) is 88.2 cm³/mol. The van der Waals surface area contributed by atoms with Crippen LogP contribution in [-0.2, 0) is 9.47 Å². The summed E-state index contributed by atoms with van der Waals surface area (Å²) in [6.45, 7) is 2.38. The van der Waals surface area contributed by atoms with Gasteiger partial charge in [0.1, 0.15) is 18.3 Å². The Morgan fingerprint density at radius 2 is 2.12 bits per heavy atom. The number of hydrogen-bond donors (Lipinski definition) is 2. The molecule has 0 unspecified atom stereocenters. The van der Waals surface area contributed by atoms with Gasteiger partial charge in [-0.05, 0) is 19.1 Å². The molecule has 0 radical (unpaired) electrons. The third-order valence-corrected chi connectivity index (χ3v) is 4.81. The molecule has 0 aliphatic carbocycles. The first kappa shape index (κ1) is 15.8. The summed E-state index contributed by atoms with van der Waals surface area (Å²) in [4.78, 5) is 17.2. The number of carbonyl (C=O) groups is 1. The van der Waals surface area contributed by atoms with Crippen molar-refractivity contribution in [3.8, 4) is 0 Å². The number of benzene rings is 1. The SMILES string of the molecule is Cc1cc(C(=O)N[C@@H]2CO[C@H]3[C@@H]2OC[C@H]3O)c2cccc(Cl)c2n1. The summed E-state index contributed by atoms with van der Waals surface area (Å²) in [5.74, 6) is -0.230. The number of pyridine rings is 1. The number of carbonyl (C=O) groups excluding carboxylic acids is 1. The molecule has 7 heteroatoms. The van der Waals surface area contributed by atoms with E-state index in [1.165, 1.54) is 0 Å². The van der Waals surface area contributed by atoms with Crippen LogP contribution in [0.4, 0.5) is 0 Å². The minimum atomic E-state index is -0.639. The Hall–Kier alpha value is -1.73. The van der Waals surface area contributed by atoms with Gasteiger partial charge >= 0.3 is 0 Å². The van der Waals surface area contributed by atoms with Crippen LogP contribution in [0.1, 0.15) is 16.1 Å². The van der Waals surface area contributed by atoms with Crippen molar-refractivity contribution in [1.29, 1.82) is 0 Å². The number of rotatable bonds is 2. The van der Waals surface area contributed by atoms with Crippen molar-refractivity contribution in [2.45, 2.75) is 31.3 Å². The van der Waals surface area contributed by atoms with Crippen molar-refractivity contribution in [2.24, 2.45) is 0 Å². The maximum Gasteiger partial charge on any atom is 0.252 e. The van der Waals surface area contributed by atoms with Crippen molar-refractivity contribution in [1.82, 2.24) is 10.3 Å². The second-order valence-corrected chi connectivity index (χ2v) is 6.60. The van der Waals surface area contributed by atoms with E-state index in [9.17, 15) is 9.90 Å². The number of aliphatic hydroxyl groups is 1. The highest BCUT2D eigenvalue weighted by Crippen LogP contribution is 2.28. The van der Waals surface area contributed by atoms with Gasteiger partial charge in [0.25, 0.3) is 5.91 Å². The Morgan fingerprint density at radius 3 is 2.96 bits per heavy atom. The zero-order valence-electron chi connectivity index (χ0n) is 13.0. The summed E-state index contributed by atoms with van der Waals surface area (Å²) >= 11 is 6.20. The van der Waals surface area contributed by atoms with E-state index in [0.717, 1.165) is 0 Å². The number of para-hydroxylation sites is 1. The van der Waals surface area contributed by atoms with Crippen molar-refractivity contribution < 1.29 is 19.4 Å². The molecule has 2 N–H and O–H groups in total. The van der Waals surface area contributed by atoms with E-state index in [1.54, 1.807) is 18.2 Å². The number of aliphatic hydroxyl groups excluding tert-OH is 1. The van der Waals surface area contributed by atoms with Crippen LogP contribution in [0.3, 0.4) is 0 Å². The van der Waals surface area contributed by atoms with E-state index in [2.05, 4.69) is 10.3 Å². The summed E-state index contributed by atoms with van der Waals surface area (Å²) in [5, 5.41) is 14.0. The van der Waals surface area contributed by atoms with E-state index in [-0.39, 0.29) is 30.8 Å². The van der Waals surface area contributed by atoms with Crippen LogP contribution in [-0.4, -0.2) is 53.6 Å². The second-order valence-electron chi connectivity index (χ2n) is 6.19. The molecule has 4 rings (SSSR count). The lowest BCUT2D eigenvalue weighted by atomic mass is 10.0. The molecule has 1 aromatic carbocycles. The van der Waals surface area contributed by atoms with Crippen LogP contribution < -0.4 is 5.32 Å². The Balaban J connectivity index is 1.64. The fourth-order valence-corrected chi connectivity index (χ4v) is 3.60. The molecule has 3 heterocycles. The molecule has 1 amide bonds. The first-order valence-corrected chi connectivity index (χ1v) is 8.20. The minimum absolute atomic E-state index is 0.230. The van der Waals surface area contributed by atoms with E-state index in [1.807, 2.05) is 13.0 Å². The standard InChI is InChI=1S/C17H17ClN2O4/c1-8-5-10(9-3-2-4-11(18)14(9)19-8)17(22)20-12-6-23-16-13(21)7-24-15(12)16/h2-5,12-13,15-16,21H,6-7H2,1H3,(H,20,22)/t12-,13-,15-,16-/m1/s1. The molecule has 0 spiro atoms. The highest BCUT2D eigenvalue weighted by atomic mass is 35.5. The monoisotopic (exact) mass is 348 g/mol. The van der Waals surface area contributed by atoms with Crippen LogP contribution in [0.25, 0.3) is 10.9 Å². The summed E-state index contributed by atoms with van der Waals surface area (Å²) in [7, 11) is 0. The second kappa shape index (κ2) is 5.97. The summed E-state index contributed by atoms with van der Waals surface area (Å²) in [6, 6.07) is 6.82. The minimum Gasteiger partial charge on any atom is -0.388 e. The molecule has 2 aromatic rings. The van der Waals surface area contributed by atoms with Crippen molar-refractivity contribution in [3.63, 3.8) is 0 Å². The fourth-order valence-electron chi connectivity index (χ4n) is 3.38. The highest BCUT2D eigenvalue weighted by Gasteiger charge is 2.47. The van der Waals surface area contributed by atoms with Gasteiger partial charge in [-0.3, -0.25) is 9.78 Å². The van der Waals surface area contributed by atoms with Gasteiger partial charge in [-0.25, -0.2) is 0 Å². The summed E-state index contributed by atoms with van der Waals surface area (Å²) < 4.78 is 11.1. The lowest BCUT2D eigenvalue weighted by Crippen LogP contribution is -2.44. The van der Waals surface area contributed by atoms with Gasteiger partial charge in [0.15, 0.2) is 0 Å². The van der Waals surface area contributed by atoms with Crippen LogP contribution in [0.15, 0.2) is 24.3 Å². The molecule has 2 aliphatic heterocycles. The Labute approximate surface area is 143 Å². The molecule has 0 bridgehead atoms. The third kappa shape index (κ3) is 2.56. The summed E-state index contributed by atoms with van der Waals surface area (Å²) in [5.41, 5.74) is 1.84. The molecule has 2 aliphatic rings. The Morgan fingerprint density at radius 1 is 1.33 bits per heavy atom. The number of amides is 1. The molecule has 0 saturated carbocycles. The molecule has 2 saturated heterocycles. The molecule has 2 fully saturated rings. The van der Waals surface area contributed by atoms with Gasteiger partial charge in [0.05, 0.1) is 35.4 Å². The molecule has 4 atom stereocenters. The van der Waals surface area contributed by atoms with Crippen molar-refractivity contribution in [3.05, 3.63) is 40.5 Å². The number of halogens is 1. The number of aryl methyl sites for hydroxylation is 1. The van der Waals surface area contributed by atoms with Crippen molar-refractivity contribution in [2.75, 3.05) is 13.2 Å². The van der Waals surface area contributed by atoms with Gasteiger partial charge < -0.3 is 19.9 Å². The van der Waals surface area contributed by atoms with Crippen molar-refractivity contribution >= 4 is 28.4 Å². The Bertz CT molecular complexity index is 813. The Kier molecular flexibility index (Phi) is 3.92. The van der Waals surface area contributed by atoms with Gasteiger partial charge in [-0.15, -0.1) is 0 Å². The first-order chi connectivity index (χ1) is 11.5. The maximum absolute atomic E-state index is 12.8. The van der Waals surface area contributed by atoms with E-state index in [0.29, 0.717) is 33.8 Å². The number of hydrogen-bond acceptors (Lipinski definition) is 5. The lowest BCUT2D eigenvalue weighted by Gasteiger charge is -2.18. The molecular formula is C17H17ClN2O4. The zero-order chi connectivity index (χ0) is 16.8. The fraction of sp³-hybridized carbons (Fsp3) is 0.412. The number of ether oxygens (including phenoxy) is 2. The van der Waals surface area contributed by atoms with Gasteiger partial charge in [0.2, 0.25) is 0 Å². The van der Waals surface area contributed by atoms with Crippen LogP contribution in [0.5, 0.6) is 0 Å². The molecule has 24 heavy (non-hydrogen) atoms. The number of aromatic nitrogens is 1. The smallest absolute Gasteiger partial charge is 0.252 e. The topological polar surface area (TPSA) is 80.7 Å². The van der Waals surface area contributed by atoms with E-state index in [4.69, 9.17) is 21.1 Å². The molecular weight excluding hydrogens is 332 g/mol. The molecule has 1 aromatic heterocycles. The highest BCUT2D eigenvalue weighted by molar-refractivity contribution is 6.35. The van der Waals surface area contributed by atoms with E-state index < -0.39 is 6.10 Å². The van der Waals surface area contributed by atoms with Gasteiger partial charge in [-0.1, -0.05) is 23.7 Å². The third-order valence-electron chi connectivity index (χ3n) is 4.51. The normalized spacial score (nSPS) is 29.0. The van der Waals surface area contributed by atoms with Crippen LogP contribution >= 0.6 is 11.6 Å². The average molecular weight is 349 g/mol. The quantitative estimate of drug-likeness (QED) is 0.858. The lowest BCUT2D eigenvalue weighted by molar-refractivity contribution is 0.0178. The van der Waals surface area contributed by atoms with Gasteiger partial charge in [-0.2, -0.15) is 0 Å². The molecule has 6 nitrogen and oxygen atoms in total.